The van der Waals surface area contributed by atoms with Gasteiger partial charge in [-0.05, 0) is 30.2 Å². The average Bonchev–Trinajstić information content (AvgIpc) is 2.84. The van der Waals surface area contributed by atoms with Gasteiger partial charge in [-0.2, -0.15) is 5.10 Å². The molecule has 3 aromatic carbocycles. The Balaban J connectivity index is 1.60. The van der Waals surface area contributed by atoms with E-state index < -0.39 is 12.1 Å². The van der Waals surface area contributed by atoms with Crippen molar-refractivity contribution in [3.8, 4) is 5.75 Å². The lowest BCUT2D eigenvalue weighted by Gasteiger charge is -2.18. The number of benzene rings is 3. The number of carbonyl (C=O) groups is 2. The summed E-state index contributed by atoms with van der Waals surface area (Å²) in [5.74, 6) is 0.310. The largest absolute Gasteiger partial charge is 0.488 e. The molecule has 7 nitrogen and oxygen atoms in total. The lowest BCUT2D eigenvalue weighted by molar-refractivity contribution is -0.121. The number of nitrogens with one attached hydrogen (secondary N) is 2. The highest BCUT2D eigenvalue weighted by atomic mass is 16.5. The fraction of sp³-hybridized carbons (Fsp3) is 0.192. The average molecular weight is 446 g/mol. The van der Waals surface area contributed by atoms with Crippen LogP contribution in [0.15, 0.2) is 90.0 Å². The van der Waals surface area contributed by atoms with Crippen LogP contribution in [0, 0.1) is 0 Å². The number of hydrogen-bond donors (Lipinski definition) is 2. The first kappa shape index (κ1) is 23.5. The van der Waals surface area contributed by atoms with E-state index in [1.807, 2.05) is 84.9 Å². The van der Waals surface area contributed by atoms with Crippen LogP contribution in [0.3, 0.4) is 0 Å². The zero-order chi connectivity index (χ0) is 23.3. The van der Waals surface area contributed by atoms with Crippen molar-refractivity contribution in [3.05, 3.63) is 102 Å². The highest BCUT2D eigenvalue weighted by Crippen LogP contribution is 2.18. The second kappa shape index (κ2) is 12.7. The van der Waals surface area contributed by atoms with Gasteiger partial charge in [0.15, 0.2) is 0 Å². The smallest absolute Gasteiger partial charge is 0.407 e. The first-order valence-electron chi connectivity index (χ1n) is 10.7. The molecule has 0 saturated heterocycles. The molecule has 0 aliphatic rings. The molecule has 0 heterocycles. The molecule has 0 aromatic heterocycles. The third kappa shape index (κ3) is 7.81. The van der Waals surface area contributed by atoms with E-state index >= 15 is 0 Å². The number of para-hydroxylation sites is 1. The van der Waals surface area contributed by atoms with Crippen LogP contribution in [0.1, 0.15) is 36.1 Å². The molecule has 3 rings (SSSR count). The monoisotopic (exact) mass is 445 g/mol. The molecular weight excluding hydrogens is 418 g/mol. The molecule has 0 aliphatic heterocycles. The highest BCUT2D eigenvalue weighted by Gasteiger charge is 2.18. The summed E-state index contributed by atoms with van der Waals surface area (Å²) in [5.41, 5.74) is 5.10. The molecule has 1 atom stereocenters. The lowest BCUT2D eigenvalue weighted by Crippen LogP contribution is -2.33. The molecule has 0 aliphatic carbocycles. The van der Waals surface area contributed by atoms with Gasteiger partial charge in [-0.1, -0.05) is 72.8 Å². The zero-order valence-electron chi connectivity index (χ0n) is 18.4. The predicted molar refractivity (Wildman–Crippen MR) is 127 cm³/mol. The fourth-order valence-electron chi connectivity index (χ4n) is 3.11. The van der Waals surface area contributed by atoms with Crippen LogP contribution >= 0.6 is 0 Å². The molecule has 0 saturated carbocycles. The second-order valence-corrected chi connectivity index (χ2v) is 7.14. The van der Waals surface area contributed by atoms with E-state index in [0.29, 0.717) is 12.4 Å². The van der Waals surface area contributed by atoms with E-state index in [0.717, 1.165) is 16.7 Å². The summed E-state index contributed by atoms with van der Waals surface area (Å²) in [7, 11) is 0. The van der Waals surface area contributed by atoms with Crippen LogP contribution in [0.4, 0.5) is 4.79 Å². The van der Waals surface area contributed by atoms with Gasteiger partial charge in [-0.15, -0.1) is 0 Å². The Kier molecular flexibility index (Phi) is 9.03. The molecule has 0 unspecified atom stereocenters. The SMILES string of the molecule is CCOC(=O)N[C@@H](CC(=O)N/N=C\c1ccccc1OCc1ccccc1)c1ccccc1. The Morgan fingerprint density at radius 2 is 1.61 bits per heavy atom. The number of nitrogens with zero attached hydrogens (tertiary/aromatic N) is 1. The summed E-state index contributed by atoms with van der Waals surface area (Å²) < 4.78 is 10.9. The molecule has 170 valence electrons. The molecule has 33 heavy (non-hydrogen) atoms. The number of rotatable bonds is 10. The predicted octanol–water partition coefficient (Wildman–Crippen LogP) is 4.59. The van der Waals surface area contributed by atoms with Gasteiger partial charge in [-0.3, -0.25) is 4.79 Å². The van der Waals surface area contributed by atoms with E-state index in [9.17, 15) is 9.59 Å². The summed E-state index contributed by atoms with van der Waals surface area (Å²) in [6, 6.07) is 26.0. The van der Waals surface area contributed by atoms with Crippen molar-refractivity contribution in [2.45, 2.75) is 26.0 Å². The van der Waals surface area contributed by atoms with Crippen molar-refractivity contribution in [3.63, 3.8) is 0 Å². The van der Waals surface area contributed by atoms with Gasteiger partial charge in [0.1, 0.15) is 12.4 Å². The van der Waals surface area contributed by atoms with Crippen LogP contribution in [0.25, 0.3) is 0 Å². The normalized spacial score (nSPS) is 11.5. The van der Waals surface area contributed by atoms with Gasteiger partial charge in [0.05, 0.1) is 25.3 Å². The lowest BCUT2D eigenvalue weighted by atomic mass is 10.0. The van der Waals surface area contributed by atoms with E-state index in [4.69, 9.17) is 9.47 Å². The Bertz CT molecular complexity index is 1060. The number of ether oxygens (including phenoxy) is 2. The number of amides is 2. The van der Waals surface area contributed by atoms with Crippen LogP contribution in [-0.2, 0) is 16.1 Å². The Labute approximate surface area is 193 Å². The minimum atomic E-state index is -0.577. The van der Waals surface area contributed by atoms with Crippen LogP contribution in [0.2, 0.25) is 0 Å². The third-order valence-corrected chi connectivity index (χ3v) is 4.71. The van der Waals surface area contributed by atoms with E-state index in [1.165, 1.54) is 6.21 Å². The third-order valence-electron chi connectivity index (χ3n) is 4.71. The van der Waals surface area contributed by atoms with Crippen molar-refractivity contribution in [2.24, 2.45) is 5.10 Å². The summed E-state index contributed by atoms with van der Waals surface area (Å²) >= 11 is 0. The minimum absolute atomic E-state index is 0.00627. The van der Waals surface area contributed by atoms with Gasteiger partial charge in [-0.25, -0.2) is 10.2 Å². The van der Waals surface area contributed by atoms with Crippen molar-refractivity contribution in [2.75, 3.05) is 6.61 Å². The quantitative estimate of drug-likeness (QED) is 0.353. The molecule has 2 amide bonds. The summed E-state index contributed by atoms with van der Waals surface area (Å²) in [6.45, 7) is 2.39. The number of hydrazone groups is 1. The Morgan fingerprint density at radius 1 is 0.939 bits per heavy atom. The van der Waals surface area contributed by atoms with Crippen molar-refractivity contribution in [1.29, 1.82) is 0 Å². The standard InChI is InChI=1S/C26H27N3O4/c1-2-32-26(31)28-23(21-13-7-4-8-14-21)17-25(30)29-27-18-22-15-9-10-16-24(22)33-19-20-11-5-3-6-12-20/h3-16,18,23H,2,17,19H2,1H3,(H,28,31)(H,29,30)/b27-18-/t23-/m0/s1. The van der Waals surface area contributed by atoms with Gasteiger partial charge in [0.25, 0.3) is 0 Å². The van der Waals surface area contributed by atoms with Crippen molar-refractivity contribution in [1.82, 2.24) is 10.7 Å². The fourth-order valence-corrected chi connectivity index (χ4v) is 3.11. The van der Waals surface area contributed by atoms with Crippen LogP contribution in [-0.4, -0.2) is 24.8 Å². The maximum Gasteiger partial charge on any atom is 0.407 e. The molecule has 0 fully saturated rings. The first-order valence-corrected chi connectivity index (χ1v) is 10.7. The number of alkyl carbamates (subject to hydrolysis) is 1. The van der Waals surface area contributed by atoms with Gasteiger partial charge in [0, 0.05) is 5.56 Å². The Morgan fingerprint density at radius 3 is 2.33 bits per heavy atom. The van der Waals surface area contributed by atoms with Gasteiger partial charge < -0.3 is 14.8 Å². The molecular formula is C26H27N3O4. The minimum Gasteiger partial charge on any atom is -0.488 e. The maximum absolute atomic E-state index is 12.5. The number of hydrogen-bond acceptors (Lipinski definition) is 5. The Hall–Kier alpha value is -4.13. The molecule has 3 aromatic rings. The molecule has 0 bridgehead atoms. The number of carbonyl (C=O) groups excluding carboxylic acids is 2. The van der Waals surface area contributed by atoms with E-state index in [1.54, 1.807) is 6.92 Å². The topological polar surface area (TPSA) is 89.0 Å². The van der Waals surface area contributed by atoms with Crippen molar-refractivity contribution < 1.29 is 19.1 Å². The molecule has 0 radical (unpaired) electrons. The molecule has 0 spiro atoms. The molecule has 7 heteroatoms. The summed E-state index contributed by atoms with van der Waals surface area (Å²) in [6.07, 6.45) is 0.966. The second-order valence-electron chi connectivity index (χ2n) is 7.14. The zero-order valence-corrected chi connectivity index (χ0v) is 18.4. The van der Waals surface area contributed by atoms with Crippen molar-refractivity contribution >= 4 is 18.2 Å². The highest BCUT2D eigenvalue weighted by molar-refractivity contribution is 5.85. The van der Waals surface area contributed by atoms with Crippen LogP contribution < -0.4 is 15.5 Å². The maximum atomic E-state index is 12.5. The van der Waals surface area contributed by atoms with Gasteiger partial charge in [0.2, 0.25) is 5.91 Å². The summed E-state index contributed by atoms with van der Waals surface area (Å²) in [5, 5.41) is 6.79. The van der Waals surface area contributed by atoms with E-state index in [2.05, 4.69) is 15.8 Å². The van der Waals surface area contributed by atoms with Crippen LogP contribution in [0.5, 0.6) is 5.75 Å². The molecule has 2 N–H and O–H groups in total. The summed E-state index contributed by atoms with van der Waals surface area (Å²) in [4.78, 5) is 24.4. The van der Waals surface area contributed by atoms with E-state index in [-0.39, 0.29) is 18.9 Å². The first-order chi connectivity index (χ1) is 16.2. The van der Waals surface area contributed by atoms with Gasteiger partial charge >= 0.3 is 6.09 Å².